The standard InChI is InChI=1S/C13H25N3O2.C2HF3O2/c17-13(18)16(11-12-4-5-14-10-12)9-8-15-6-2-1-3-7-15;3-2(4,5)1(6)7/h12,14H,1-11H2,(H,17,18);(H,6,7). The molecule has 1 unspecified atom stereocenters. The zero-order chi connectivity index (χ0) is 18.9. The number of halogens is 3. The van der Waals surface area contributed by atoms with Crippen molar-refractivity contribution in [1.29, 1.82) is 0 Å². The third-order valence-corrected chi connectivity index (χ3v) is 4.29. The maximum absolute atomic E-state index is 11.2. The topological polar surface area (TPSA) is 93.1 Å². The predicted octanol–water partition coefficient (Wildman–Crippen LogP) is 1.70. The molecule has 25 heavy (non-hydrogen) atoms. The molecule has 3 N–H and O–H groups in total. The Morgan fingerprint density at radius 2 is 1.76 bits per heavy atom. The Kier molecular flexibility index (Phi) is 8.98. The molecule has 0 aromatic heterocycles. The zero-order valence-electron chi connectivity index (χ0n) is 14.1. The minimum atomic E-state index is -5.08. The van der Waals surface area contributed by atoms with E-state index in [1.54, 1.807) is 4.90 Å². The third kappa shape index (κ3) is 8.92. The van der Waals surface area contributed by atoms with Crippen molar-refractivity contribution in [1.82, 2.24) is 15.1 Å². The average molecular weight is 369 g/mol. The molecule has 0 aromatic rings. The van der Waals surface area contributed by atoms with Crippen LogP contribution in [0.25, 0.3) is 0 Å². The number of nitrogens with zero attached hydrogens (tertiary/aromatic N) is 2. The van der Waals surface area contributed by atoms with Crippen LogP contribution in [0.3, 0.4) is 0 Å². The normalized spacial score (nSPS) is 21.3. The van der Waals surface area contributed by atoms with Gasteiger partial charge in [0.1, 0.15) is 0 Å². The van der Waals surface area contributed by atoms with Gasteiger partial charge in [-0.1, -0.05) is 6.42 Å². The van der Waals surface area contributed by atoms with Gasteiger partial charge in [-0.25, -0.2) is 9.59 Å². The van der Waals surface area contributed by atoms with E-state index in [-0.39, 0.29) is 0 Å². The van der Waals surface area contributed by atoms with E-state index >= 15 is 0 Å². The lowest BCUT2D eigenvalue weighted by Gasteiger charge is -2.29. The summed E-state index contributed by atoms with van der Waals surface area (Å²) >= 11 is 0. The molecule has 1 amide bonds. The molecule has 7 nitrogen and oxygen atoms in total. The lowest BCUT2D eigenvalue weighted by Crippen LogP contribution is -2.42. The van der Waals surface area contributed by atoms with Crippen LogP contribution in [0.1, 0.15) is 25.7 Å². The van der Waals surface area contributed by atoms with Crippen LogP contribution in [-0.4, -0.2) is 84.1 Å². The maximum Gasteiger partial charge on any atom is 0.490 e. The Hall–Kier alpha value is -1.55. The third-order valence-electron chi connectivity index (χ3n) is 4.29. The van der Waals surface area contributed by atoms with Crippen LogP contribution < -0.4 is 5.32 Å². The number of carboxylic acid groups (broad SMARTS) is 2. The lowest BCUT2D eigenvalue weighted by atomic mass is 10.1. The van der Waals surface area contributed by atoms with Crippen LogP contribution in [-0.2, 0) is 4.79 Å². The highest BCUT2D eigenvalue weighted by Crippen LogP contribution is 2.13. The van der Waals surface area contributed by atoms with E-state index in [4.69, 9.17) is 9.90 Å². The Bertz CT molecular complexity index is 423. The fourth-order valence-electron chi connectivity index (χ4n) is 2.89. The van der Waals surface area contributed by atoms with Gasteiger partial charge in [0, 0.05) is 19.6 Å². The average Bonchev–Trinajstić information content (AvgIpc) is 3.05. The van der Waals surface area contributed by atoms with Gasteiger partial charge >= 0.3 is 18.2 Å². The van der Waals surface area contributed by atoms with Gasteiger partial charge in [-0.15, -0.1) is 0 Å². The summed E-state index contributed by atoms with van der Waals surface area (Å²) in [6.07, 6.45) is -0.890. The first-order valence-electron chi connectivity index (χ1n) is 8.41. The summed E-state index contributed by atoms with van der Waals surface area (Å²) in [4.78, 5) is 24.1. The van der Waals surface area contributed by atoms with E-state index in [1.807, 2.05) is 0 Å². The predicted molar refractivity (Wildman–Crippen MR) is 84.6 cm³/mol. The lowest BCUT2D eigenvalue weighted by molar-refractivity contribution is -0.192. The highest BCUT2D eigenvalue weighted by molar-refractivity contribution is 5.73. The molecule has 0 saturated carbocycles. The second-order valence-electron chi connectivity index (χ2n) is 6.29. The number of carboxylic acids is 1. The Morgan fingerprint density at radius 3 is 2.20 bits per heavy atom. The van der Waals surface area contributed by atoms with Crippen LogP contribution in [0.15, 0.2) is 0 Å². The van der Waals surface area contributed by atoms with Crippen LogP contribution in [0.5, 0.6) is 0 Å². The Balaban J connectivity index is 0.000000381. The number of aliphatic carboxylic acids is 1. The molecule has 2 aliphatic heterocycles. The van der Waals surface area contributed by atoms with Crippen LogP contribution in [0.2, 0.25) is 0 Å². The molecule has 146 valence electrons. The first kappa shape index (κ1) is 21.5. The van der Waals surface area contributed by atoms with Crippen molar-refractivity contribution in [3.63, 3.8) is 0 Å². The monoisotopic (exact) mass is 369 g/mol. The van der Waals surface area contributed by atoms with E-state index in [9.17, 15) is 23.1 Å². The van der Waals surface area contributed by atoms with Gasteiger partial charge in [0.05, 0.1) is 0 Å². The Labute approximate surface area is 144 Å². The Morgan fingerprint density at radius 1 is 1.16 bits per heavy atom. The summed E-state index contributed by atoms with van der Waals surface area (Å²) in [5.41, 5.74) is 0. The van der Waals surface area contributed by atoms with Crippen LogP contribution in [0, 0.1) is 5.92 Å². The van der Waals surface area contributed by atoms with Crippen LogP contribution >= 0.6 is 0 Å². The van der Waals surface area contributed by atoms with Gasteiger partial charge in [-0.05, 0) is 51.4 Å². The van der Waals surface area contributed by atoms with Gasteiger partial charge in [0.25, 0.3) is 0 Å². The van der Waals surface area contributed by atoms with Crippen molar-refractivity contribution in [2.24, 2.45) is 5.92 Å². The van der Waals surface area contributed by atoms with Crippen molar-refractivity contribution in [3.05, 3.63) is 0 Å². The quantitative estimate of drug-likeness (QED) is 0.683. The summed E-state index contributed by atoms with van der Waals surface area (Å²) in [6, 6.07) is 0. The van der Waals surface area contributed by atoms with Gasteiger partial charge < -0.3 is 25.3 Å². The zero-order valence-corrected chi connectivity index (χ0v) is 14.1. The molecule has 0 bridgehead atoms. The minimum Gasteiger partial charge on any atom is -0.475 e. The molecule has 0 radical (unpaired) electrons. The molecule has 0 spiro atoms. The number of likely N-dealkylation sites (tertiary alicyclic amines) is 1. The molecule has 2 heterocycles. The number of amides is 1. The fourth-order valence-corrected chi connectivity index (χ4v) is 2.89. The molecular formula is C15H26F3N3O4. The van der Waals surface area contributed by atoms with Crippen molar-refractivity contribution in [3.8, 4) is 0 Å². The van der Waals surface area contributed by atoms with E-state index in [2.05, 4.69) is 10.2 Å². The highest BCUT2D eigenvalue weighted by Gasteiger charge is 2.38. The molecule has 2 saturated heterocycles. The van der Waals surface area contributed by atoms with Crippen LogP contribution in [0.4, 0.5) is 18.0 Å². The van der Waals surface area contributed by atoms with Crippen molar-refractivity contribution in [2.45, 2.75) is 31.9 Å². The second-order valence-corrected chi connectivity index (χ2v) is 6.29. The largest absolute Gasteiger partial charge is 0.490 e. The fraction of sp³-hybridized carbons (Fsp3) is 0.867. The molecular weight excluding hydrogens is 343 g/mol. The molecule has 2 aliphatic rings. The SMILES string of the molecule is O=C(O)C(F)(F)F.O=C(O)N(CCN1CCCCC1)CC1CCNC1. The van der Waals surface area contributed by atoms with Crippen molar-refractivity contribution in [2.75, 3.05) is 45.8 Å². The number of piperidine rings is 1. The highest BCUT2D eigenvalue weighted by atomic mass is 19.4. The number of rotatable bonds is 5. The summed E-state index contributed by atoms with van der Waals surface area (Å²) < 4.78 is 31.7. The molecule has 0 aromatic carbocycles. The number of hydrogen-bond acceptors (Lipinski definition) is 4. The van der Waals surface area contributed by atoms with Gasteiger partial charge in [0.2, 0.25) is 0 Å². The molecule has 2 fully saturated rings. The summed E-state index contributed by atoms with van der Waals surface area (Å²) in [6.45, 7) is 6.52. The molecule has 10 heteroatoms. The number of carbonyl (C=O) groups is 2. The second kappa shape index (κ2) is 10.4. The van der Waals surface area contributed by atoms with Gasteiger partial charge in [0.15, 0.2) is 0 Å². The number of alkyl halides is 3. The molecule has 1 atom stereocenters. The summed E-state index contributed by atoms with van der Waals surface area (Å²) in [7, 11) is 0. The first-order chi connectivity index (χ1) is 11.7. The molecule has 0 aliphatic carbocycles. The van der Waals surface area contributed by atoms with E-state index in [1.165, 1.54) is 19.3 Å². The smallest absolute Gasteiger partial charge is 0.475 e. The maximum atomic E-state index is 11.2. The van der Waals surface area contributed by atoms with E-state index in [0.29, 0.717) is 19.0 Å². The van der Waals surface area contributed by atoms with Crippen molar-refractivity contribution >= 4 is 12.1 Å². The number of hydrogen-bond donors (Lipinski definition) is 3. The van der Waals surface area contributed by atoms with Crippen molar-refractivity contribution < 1.29 is 33.0 Å². The van der Waals surface area contributed by atoms with E-state index < -0.39 is 18.2 Å². The molecule has 2 rings (SSSR count). The first-order valence-corrected chi connectivity index (χ1v) is 8.41. The minimum absolute atomic E-state index is 0.502. The number of nitrogens with one attached hydrogen (secondary N) is 1. The summed E-state index contributed by atoms with van der Waals surface area (Å²) in [5, 5.41) is 19.7. The van der Waals surface area contributed by atoms with E-state index in [0.717, 1.165) is 39.1 Å². The van der Waals surface area contributed by atoms with Gasteiger partial charge in [-0.2, -0.15) is 13.2 Å². The van der Waals surface area contributed by atoms with Gasteiger partial charge in [-0.3, -0.25) is 0 Å². The summed E-state index contributed by atoms with van der Waals surface area (Å²) in [5.74, 6) is -2.25.